The number of ether oxygens (including phenoxy) is 1. The third-order valence-corrected chi connectivity index (χ3v) is 4.37. The molecule has 8 nitrogen and oxygen atoms in total. The van der Waals surface area contributed by atoms with E-state index in [1.807, 2.05) is 55.6 Å². The molecule has 4 rings (SSSR count). The summed E-state index contributed by atoms with van der Waals surface area (Å²) in [4.78, 5) is 33.0. The maximum atomic E-state index is 12.3. The second kappa shape index (κ2) is 6.80. The van der Waals surface area contributed by atoms with Crippen LogP contribution in [-0.2, 0) is 16.1 Å². The monoisotopic (exact) mass is 391 g/mol. The molecular weight excluding hydrogens is 370 g/mol. The van der Waals surface area contributed by atoms with Crippen molar-refractivity contribution < 1.29 is 14.3 Å². The highest BCUT2D eigenvalue weighted by molar-refractivity contribution is 6.06. The Morgan fingerprint density at radius 3 is 2.69 bits per heavy atom. The number of benzene rings is 1. The van der Waals surface area contributed by atoms with Gasteiger partial charge in [-0.1, -0.05) is 6.07 Å². The topological polar surface area (TPSA) is 91.4 Å². The van der Waals surface area contributed by atoms with Crippen molar-refractivity contribution in [3.8, 4) is 11.3 Å². The predicted octanol–water partition coefficient (Wildman–Crippen LogP) is 3.29. The van der Waals surface area contributed by atoms with Crippen molar-refractivity contribution in [3.05, 3.63) is 48.5 Å². The van der Waals surface area contributed by atoms with Gasteiger partial charge in [-0.05, 0) is 39.0 Å². The Kier molecular flexibility index (Phi) is 4.41. The molecule has 0 bridgehead atoms. The Balaban J connectivity index is 1.79. The van der Waals surface area contributed by atoms with Crippen LogP contribution in [0.4, 0.5) is 0 Å². The molecule has 0 fully saturated rings. The molecule has 148 valence electrons. The van der Waals surface area contributed by atoms with Gasteiger partial charge in [-0.3, -0.25) is 18.7 Å². The van der Waals surface area contributed by atoms with E-state index in [1.165, 1.54) is 11.6 Å². The minimum atomic E-state index is -0.590. The molecule has 0 amide bonds. The first-order valence-electron chi connectivity index (χ1n) is 9.25. The molecule has 29 heavy (non-hydrogen) atoms. The SMILES string of the molecule is CC(=O)c1nn(CC(=O)OC(C)(C)C)c2ccc(-c3cnc4ncccn34)cc12. The van der Waals surface area contributed by atoms with E-state index in [0.29, 0.717) is 22.4 Å². The lowest BCUT2D eigenvalue weighted by atomic mass is 10.1. The van der Waals surface area contributed by atoms with Gasteiger partial charge in [0.2, 0.25) is 5.78 Å². The van der Waals surface area contributed by atoms with Crippen molar-refractivity contribution in [1.29, 1.82) is 0 Å². The van der Waals surface area contributed by atoms with Gasteiger partial charge in [0.05, 0.1) is 17.4 Å². The van der Waals surface area contributed by atoms with Crippen LogP contribution >= 0.6 is 0 Å². The highest BCUT2D eigenvalue weighted by Crippen LogP contribution is 2.27. The lowest BCUT2D eigenvalue weighted by Crippen LogP contribution is -2.26. The highest BCUT2D eigenvalue weighted by Gasteiger charge is 2.21. The zero-order valence-electron chi connectivity index (χ0n) is 16.7. The number of carbonyl (C=O) groups is 2. The first-order valence-corrected chi connectivity index (χ1v) is 9.25. The lowest BCUT2D eigenvalue weighted by Gasteiger charge is -2.19. The Bertz CT molecular complexity index is 1250. The largest absolute Gasteiger partial charge is 0.459 e. The molecule has 0 atom stereocenters. The van der Waals surface area contributed by atoms with E-state index in [0.717, 1.165) is 11.3 Å². The fourth-order valence-electron chi connectivity index (χ4n) is 3.26. The Labute approximate surface area is 167 Å². The molecule has 0 aliphatic heterocycles. The average molecular weight is 391 g/mol. The van der Waals surface area contributed by atoms with Crippen LogP contribution in [0.2, 0.25) is 0 Å². The molecule has 1 aromatic carbocycles. The summed E-state index contributed by atoms with van der Waals surface area (Å²) >= 11 is 0. The predicted molar refractivity (Wildman–Crippen MR) is 108 cm³/mol. The second-order valence-electron chi connectivity index (χ2n) is 7.81. The summed E-state index contributed by atoms with van der Waals surface area (Å²) in [5.74, 6) is 0.0128. The Morgan fingerprint density at radius 1 is 1.17 bits per heavy atom. The molecule has 8 heteroatoms. The van der Waals surface area contributed by atoms with Crippen molar-refractivity contribution in [2.45, 2.75) is 39.8 Å². The third-order valence-electron chi connectivity index (χ3n) is 4.37. The van der Waals surface area contributed by atoms with Crippen molar-refractivity contribution in [2.75, 3.05) is 0 Å². The van der Waals surface area contributed by atoms with Gasteiger partial charge in [0, 0.05) is 30.3 Å². The number of aromatic nitrogens is 5. The molecule has 0 saturated carbocycles. The fourth-order valence-corrected chi connectivity index (χ4v) is 3.26. The number of hydrogen-bond acceptors (Lipinski definition) is 6. The summed E-state index contributed by atoms with van der Waals surface area (Å²) in [5.41, 5.74) is 2.14. The number of Topliss-reactive ketones (excluding diaryl/α,β-unsaturated/α-hetero) is 1. The number of hydrogen-bond donors (Lipinski definition) is 0. The van der Waals surface area contributed by atoms with Crippen LogP contribution in [-0.4, -0.2) is 41.5 Å². The summed E-state index contributed by atoms with van der Waals surface area (Å²) in [6.07, 6.45) is 5.30. The molecule has 0 aliphatic rings. The molecule has 0 saturated heterocycles. The molecule has 3 aromatic heterocycles. The Morgan fingerprint density at radius 2 is 1.97 bits per heavy atom. The normalized spacial score (nSPS) is 11.9. The van der Waals surface area contributed by atoms with Gasteiger partial charge in [0.15, 0.2) is 5.78 Å². The van der Waals surface area contributed by atoms with Crippen molar-refractivity contribution in [3.63, 3.8) is 0 Å². The van der Waals surface area contributed by atoms with E-state index in [4.69, 9.17) is 4.74 Å². The first-order chi connectivity index (χ1) is 13.7. The summed E-state index contributed by atoms with van der Waals surface area (Å²) in [6, 6.07) is 7.48. The fraction of sp³-hybridized carbons (Fsp3) is 0.286. The maximum absolute atomic E-state index is 12.3. The minimum Gasteiger partial charge on any atom is -0.459 e. The summed E-state index contributed by atoms with van der Waals surface area (Å²) in [7, 11) is 0. The zero-order valence-corrected chi connectivity index (χ0v) is 16.7. The van der Waals surface area contributed by atoms with Crippen LogP contribution in [0.25, 0.3) is 27.9 Å². The van der Waals surface area contributed by atoms with Crippen molar-refractivity contribution in [1.82, 2.24) is 24.1 Å². The Hall–Kier alpha value is -3.55. The van der Waals surface area contributed by atoms with E-state index in [2.05, 4.69) is 15.1 Å². The molecule has 3 heterocycles. The molecular formula is C21H21N5O3. The number of nitrogens with zero attached hydrogens (tertiary/aromatic N) is 5. The standard InChI is InChI=1S/C21H21N5O3/c1-13(27)19-15-10-14(17-11-23-20-22-8-5-9-25(17)20)6-7-16(15)26(24-19)12-18(28)29-21(2,3)4/h5-11H,12H2,1-4H3. The number of carbonyl (C=O) groups excluding carboxylic acids is 2. The average Bonchev–Trinajstić information content (AvgIpc) is 3.21. The summed E-state index contributed by atoms with van der Waals surface area (Å²) in [6.45, 7) is 6.82. The number of fused-ring (bicyclic) bond motifs is 2. The number of esters is 1. The first kappa shape index (κ1) is 18.8. The highest BCUT2D eigenvalue weighted by atomic mass is 16.6. The van der Waals surface area contributed by atoms with Gasteiger partial charge in [-0.25, -0.2) is 9.97 Å². The second-order valence-corrected chi connectivity index (χ2v) is 7.81. The number of rotatable bonds is 4. The van der Waals surface area contributed by atoms with Gasteiger partial charge in [-0.15, -0.1) is 0 Å². The molecule has 0 unspecified atom stereocenters. The van der Waals surface area contributed by atoms with E-state index in [9.17, 15) is 9.59 Å². The molecule has 0 aliphatic carbocycles. The van der Waals surface area contributed by atoms with Gasteiger partial charge in [0.1, 0.15) is 17.8 Å². The number of ketones is 1. The van der Waals surface area contributed by atoms with Crippen molar-refractivity contribution >= 4 is 28.4 Å². The van der Waals surface area contributed by atoms with Crippen LogP contribution in [0.1, 0.15) is 38.2 Å². The van der Waals surface area contributed by atoms with Crippen LogP contribution in [0.5, 0.6) is 0 Å². The minimum absolute atomic E-state index is 0.0695. The van der Waals surface area contributed by atoms with Crippen LogP contribution < -0.4 is 0 Å². The number of imidazole rings is 1. The van der Waals surface area contributed by atoms with Crippen LogP contribution in [0, 0.1) is 0 Å². The van der Waals surface area contributed by atoms with Crippen molar-refractivity contribution in [2.24, 2.45) is 0 Å². The summed E-state index contributed by atoms with van der Waals surface area (Å²) in [5, 5.41) is 5.05. The van der Waals surface area contributed by atoms with E-state index in [-0.39, 0.29) is 12.3 Å². The molecule has 0 spiro atoms. The van der Waals surface area contributed by atoms with Gasteiger partial charge < -0.3 is 4.74 Å². The molecule has 0 N–H and O–H groups in total. The van der Waals surface area contributed by atoms with Gasteiger partial charge in [-0.2, -0.15) is 5.10 Å². The van der Waals surface area contributed by atoms with E-state index >= 15 is 0 Å². The van der Waals surface area contributed by atoms with Gasteiger partial charge in [0.25, 0.3) is 0 Å². The zero-order chi connectivity index (χ0) is 20.8. The van der Waals surface area contributed by atoms with E-state index in [1.54, 1.807) is 12.4 Å². The van der Waals surface area contributed by atoms with Gasteiger partial charge >= 0.3 is 5.97 Å². The quantitative estimate of drug-likeness (QED) is 0.392. The van der Waals surface area contributed by atoms with Crippen LogP contribution in [0.15, 0.2) is 42.9 Å². The lowest BCUT2D eigenvalue weighted by molar-refractivity contribution is -0.155. The van der Waals surface area contributed by atoms with E-state index < -0.39 is 11.6 Å². The summed E-state index contributed by atoms with van der Waals surface area (Å²) < 4.78 is 8.78. The van der Waals surface area contributed by atoms with Crippen LogP contribution in [0.3, 0.4) is 0 Å². The third kappa shape index (κ3) is 3.61. The maximum Gasteiger partial charge on any atom is 0.328 e. The molecule has 0 radical (unpaired) electrons. The molecule has 4 aromatic rings. The smallest absolute Gasteiger partial charge is 0.328 e.